The average molecular weight is 418 g/mol. The Morgan fingerprint density at radius 1 is 0.968 bits per heavy atom. The highest BCUT2D eigenvalue weighted by Crippen LogP contribution is 2.25. The molecular formula is C26H31N3O2. The fourth-order valence-electron chi connectivity index (χ4n) is 4.17. The second-order valence-electron chi connectivity index (χ2n) is 8.53. The third kappa shape index (κ3) is 5.42. The maximum absolute atomic E-state index is 12.8. The van der Waals surface area contributed by atoms with Gasteiger partial charge in [0.2, 0.25) is 0 Å². The summed E-state index contributed by atoms with van der Waals surface area (Å²) in [5.74, 6) is 0.404. The van der Waals surface area contributed by atoms with Gasteiger partial charge in [0.1, 0.15) is 0 Å². The number of carbonyl (C=O) groups is 1. The maximum atomic E-state index is 12.8. The lowest BCUT2D eigenvalue weighted by Crippen LogP contribution is -2.38. The average Bonchev–Trinajstić information content (AvgIpc) is 3.12. The number of hydrogen-bond donors (Lipinski definition) is 1. The standard InChI is InChI=1S/C26H31N3O2/c1-19-7-11-21(12-8-19)24(29-15-5-3-4-6-16-29)18-27-26(30)23-17-25(31-28-23)22-13-9-20(2)10-14-22/h7-14,17,24H,3-6,15-16,18H2,1-2H3,(H,27,30). The molecule has 2 aromatic carbocycles. The minimum atomic E-state index is -0.200. The van der Waals surface area contributed by atoms with Crippen molar-refractivity contribution in [3.05, 3.63) is 77.0 Å². The van der Waals surface area contributed by atoms with Gasteiger partial charge in [0, 0.05) is 18.2 Å². The number of hydrogen-bond acceptors (Lipinski definition) is 4. The first-order valence-electron chi connectivity index (χ1n) is 11.2. The summed E-state index contributed by atoms with van der Waals surface area (Å²) in [6.07, 6.45) is 4.98. The van der Waals surface area contributed by atoms with E-state index in [4.69, 9.17) is 4.52 Å². The lowest BCUT2D eigenvalue weighted by atomic mass is 10.0. The van der Waals surface area contributed by atoms with Gasteiger partial charge >= 0.3 is 0 Å². The molecule has 1 fully saturated rings. The molecule has 1 aliphatic rings. The Labute approximate surface area is 184 Å². The van der Waals surface area contributed by atoms with Crippen molar-refractivity contribution in [1.29, 1.82) is 0 Å². The van der Waals surface area contributed by atoms with Crippen LogP contribution in [-0.2, 0) is 0 Å². The number of carbonyl (C=O) groups excluding carboxylic acids is 1. The predicted octanol–water partition coefficient (Wildman–Crippen LogP) is 5.31. The Balaban J connectivity index is 1.46. The van der Waals surface area contributed by atoms with Crippen LogP contribution in [0.25, 0.3) is 11.3 Å². The monoisotopic (exact) mass is 417 g/mol. The Morgan fingerprint density at radius 3 is 2.23 bits per heavy atom. The van der Waals surface area contributed by atoms with Gasteiger partial charge in [-0.25, -0.2) is 0 Å². The van der Waals surface area contributed by atoms with Crippen LogP contribution in [-0.4, -0.2) is 35.6 Å². The highest BCUT2D eigenvalue weighted by atomic mass is 16.5. The van der Waals surface area contributed by atoms with Crippen molar-refractivity contribution in [2.45, 2.75) is 45.6 Å². The molecule has 1 aromatic heterocycles. The number of amides is 1. The lowest BCUT2D eigenvalue weighted by Gasteiger charge is -2.31. The van der Waals surface area contributed by atoms with Crippen LogP contribution in [0.4, 0.5) is 0 Å². The molecule has 0 aliphatic carbocycles. The summed E-state index contributed by atoms with van der Waals surface area (Å²) >= 11 is 0. The molecule has 4 rings (SSSR count). The van der Waals surface area contributed by atoms with Crippen LogP contribution in [0, 0.1) is 13.8 Å². The van der Waals surface area contributed by atoms with Gasteiger partial charge in [-0.1, -0.05) is 77.7 Å². The molecule has 5 heteroatoms. The van der Waals surface area contributed by atoms with E-state index in [1.807, 2.05) is 31.2 Å². The van der Waals surface area contributed by atoms with Gasteiger partial charge in [-0.3, -0.25) is 9.69 Å². The zero-order valence-electron chi connectivity index (χ0n) is 18.4. The molecule has 3 aromatic rings. The minimum absolute atomic E-state index is 0.158. The van der Waals surface area contributed by atoms with Crippen LogP contribution in [0.5, 0.6) is 0 Å². The van der Waals surface area contributed by atoms with Gasteiger partial charge in [-0.15, -0.1) is 0 Å². The molecule has 1 aliphatic heterocycles. The van der Waals surface area contributed by atoms with Gasteiger partial charge in [0.05, 0.1) is 6.04 Å². The molecule has 2 heterocycles. The second-order valence-corrected chi connectivity index (χ2v) is 8.53. The molecule has 0 spiro atoms. The summed E-state index contributed by atoms with van der Waals surface area (Å²) in [6.45, 7) is 6.82. The number of nitrogens with zero attached hydrogens (tertiary/aromatic N) is 2. The molecule has 0 radical (unpaired) electrons. The molecular weight excluding hydrogens is 386 g/mol. The fraction of sp³-hybridized carbons (Fsp3) is 0.385. The van der Waals surface area contributed by atoms with E-state index in [1.165, 1.54) is 42.4 Å². The van der Waals surface area contributed by atoms with Crippen molar-refractivity contribution in [2.24, 2.45) is 0 Å². The minimum Gasteiger partial charge on any atom is -0.355 e. The Hall–Kier alpha value is -2.92. The highest BCUT2D eigenvalue weighted by molar-refractivity contribution is 5.93. The van der Waals surface area contributed by atoms with Crippen molar-refractivity contribution in [1.82, 2.24) is 15.4 Å². The highest BCUT2D eigenvalue weighted by Gasteiger charge is 2.23. The third-order valence-electron chi connectivity index (χ3n) is 6.08. The van der Waals surface area contributed by atoms with E-state index >= 15 is 0 Å². The largest absolute Gasteiger partial charge is 0.355 e. The van der Waals surface area contributed by atoms with Crippen LogP contribution < -0.4 is 5.32 Å². The number of aryl methyl sites for hydroxylation is 2. The molecule has 0 bridgehead atoms. The van der Waals surface area contributed by atoms with Crippen molar-refractivity contribution in [3.63, 3.8) is 0 Å². The molecule has 1 unspecified atom stereocenters. The van der Waals surface area contributed by atoms with E-state index in [0.717, 1.165) is 18.7 Å². The van der Waals surface area contributed by atoms with Crippen LogP contribution in [0.2, 0.25) is 0 Å². The van der Waals surface area contributed by atoms with Crippen molar-refractivity contribution < 1.29 is 9.32 Å². The SMILES string of the molecule is Cc1ccc(-c2cc(C(=O)NCC(c3ccc(C)cc3)N3CCCCCC3)no2)cc1. The number of aromatic nitrogens is 1. The number of rotatable bonds is 6. The van der Waals surface area contributed by atoms with Crippen molar-refractivity contribution in [3.8, 4) is 11.3 Å². The smallest absolute Gasteiger partial charge is 0.273 e. The molecule has 1 saturated heterocycles. The van der Waals surface area contributed by atoms with E-state index in [0.29, 0.717) is 18.0 Å². The van der Waals surface area contributed by atoms with Gasteiger partial charge in [0.25, 0.3) is 5.91 Å². The van der Waals surface area contributed by atoms with Crippen molar-refractivity contribution in [2.75, 3.05) is 19.6 Å². The summed E-state index contributed by atoms with van der Waals surface area (Å²) in [4.78, 5) is 15.3. The first-order valence-corrected chi connectivity index (χ1v) is 11.2. The molecule has 31 heavy (non-hydrogen) atoms. The Kier molecular flexibility index (Phi) is 6.82. The van der Waals surface area contributed by atoms with Crippen LogP contribution >= 0.6 is 0 Å². The maximum Gasteiger partial charge on any atom is 0.273 e. The summed E-state index contributed by atoms with van der Waals surface area (Å²) in [5.41, 5.74) is 4.90. The summed E-state index contributed by atoms with van der Waals surface area (Å²) in [6, 6.07) is 18.5. The summed E-state index contributed by atoms with van der Waals surface area (Å²) < 4.78 is 5.43. The summed E-state index contributed by atoms with van der Waals surface area (Å²) in [5, 5.41) is 7.10. The van der Waals surface area contributed by atoms with Gasteiger partial charge in [-0.2, -0.15) is 0 Å². The molecule has 1 N–H and O–H groups in total. The normalized spacial score (nSPS) is 15.9. The zero-order chi connectivity index (χ0) is 21.6. The van der Waals surface area contributed by atoms with E-state index < -0.39 is 0 Å². The van der Waals surface area contributed by atoms with Crippen LogP contribution in [0.15, 0.2) is 59.1 Å². The van der Waals surface area contributed by atoms with Crippen molar-refractivity contribution >= 4 is 5.91 Å². The Morgan fingerprint density at radius 2 is 1.58 bits per heavy atom. The summed E-state index contributed by atoms with van der Waals surface area (Å²) in [7, 11) is 0. The van der Waals surface area contributed by atoms with Gasteiger partial charge in [0.15, 0.2) is 11.5 Å². The van der Waals surface area contributed by atoms with E-state index in [9.17, 15) is 4.79 Å². The number of nitrogens with one attached hydrogen (secondary N) is 1. The van der Waals surface area contributed by atoms with E-state index in [1.54, 1.807) is 6.07 Å². The first-order chi connectivity index (χ1) is 15.1. The van der Waals surface area contributed by atoms with Gasteiger partial charge < -0.3 is 9.84 Å². The number of likely N-dealkylation sites (tertiary alicyclic amines) is 1. The lowest BCUT2D eigenvalue weighted by molar-refractivity contribution is 0.0924. The second kappa shape index (κ2) is 9.92. The molecule has 0 saturated carbocycles. The topological polar surface area (TPSA) is 58.4 Å². The number of benzene rings is 2. The zero-order valence-corrected chi connectivity index (χ0v) is 18.4. The quantitative estimate of drug-likeness (QED) is 0.591. The molecule has 1 amide bonds. The molecule has 162 valence electrons. The van der Waals surface area contributed by atoms with Gasteiger partial charge in [-0.05, 0) is 45.3 Å². The van der Waals surface area contributed by atoms with E-state index in [2.05, 4.69) is 46.6 Å². The third-order valence-corrected chi connectivity index (χ3v) is 6.08. The van der Waals surface area contributed by atoms with Crippen LogP contribution in [0.3, 0.4) is 0 Å². The predicted molar refractivity (Wildman–Crippen MR) is 123 cm³/mol. The fourth-order valence-corrected chi connectivity index (χ4v) is 4.17. The molecule has 5 nitrogen and oxygen atoms in total. The van der Waals surface area contributed by atoms with Crippen LogP contribution in [0.1, 0.15) is 58.9 Å². The Bertz CT molecular complexity index is 984. The van der Waals surface area contributed by atoms with E-state index in [-0.39, 0.29) is 11.9 Å². The molecule has 1 atom stereocenters. The first kappa shape index (κ1) is 21.3.